The maximum Gasteiger partial charge on any atom is 0.416 e. The quantitative estimate of drug-likeness (QED) is 0.335. The Balaban J connectivity index is 1.62. The summed E-state index contributed by atoms with van der Waals surface area (Å²) in [5, 5.41) is 2.42. The molecule has 2 aromatic carbocycles. The van der Waals surface area contributed by atoms with Gasteiger partial charge in [-0.15, -0.1) is 0 Å². The molecule has 1 amide bonds. The molecular weight excluding hydrogens is 472 g/mol. The lowest BCUT2D eigenvalue weighted by molar-refractivity contribution is -0.153. The van der Waals surface area contributed by atoms with Crippen LogP contribution in [0.3, 0.4) is 0 Å². The van der Waals surface area contributed by atoms with Gasteiger partial charge in [-0.05, 0) is 49.4 Å². The molecule has 1 N–H and O–H groups in total. The number of benzene rings is 2. The summed E-state index contributed by atoms with van der Waals surface area (Å²) in [6, 6.07) is 7.87. The maximum absolute atomic E-state index is 13.2. The van der Waals surface area contributed by atoms with Crippen LogP contribution in [0.15, 0.2) is 42.5 Å². The van der Waals surface area contributed by atoms with Crippen LogP contribution in [-0.4, -0.2) is 50.1 Å². The van der Waals surface area contributed by atoms with Crippen molar-refractivity contribution in [2.45, 2.75) is 32.0 Å². The molecule has 2 aromatic rings. The smallest absolute Gasteiger partial charge is 0.416 e. The van der Waals surface area contributed by atoms with E-state index in [0.29, 0.717) is 32.0 Å². The van der Waals surface area contributed by atoms with Crippen LogP contribution < -0.4 is 10.2 Å². The van der Waals surface area contributed by atoms with Crippen LogP contribution in [0.1, 0.15) is 35.7 Å². The molecule has 11 heteroatoms. The Bertz CT molecular complexity index is 1070. The summed E-state index contributed by atoms with van der Waals surface area (Å²) in [6.07, 6.45) is -6.47. The number of hydrogen-bond donors (Lipinski definition) is 1. The number of nitrogens with zero attached hydrogens (tertiary/aromatic N) is 1. The average Bonchev–Trinajstić information content (AvgIpc) is 2.83. The molecule has 0 spiro atoms. The van der Waals surface area contributed by atoms with Crippen molar-refractivity contribution in [1.82, 2.24) is 0 Å². The molecule has 188 valence electrons. The predicted molar refractivity (Wildman–Crippen MR) is 119 cm³/mol. The second-order valence-corrected chi connectivity index (χ2v) is 7.88. The van der Waals surface area contributed by atoms with E-state index in [-0.39, 0.29) is 24.1 Å². The number of ether oxygens (including phenoxy) is 2. The first-order chi connectivity index (χ1) is 16.5. The Hall–Kier alpha value is -3.47. The van der Waals surface area contributed by atoms with Gasteiger partial charge in [-0.25, -0.2) is 4.39 Å². The third-order valence-electron chi connectivity index (χ3n) is 5.33. The van der Waals surface area contributed by atoms with E-state index in [2.05, 4.69) is 5.32 Å². The predicted octanol–water partition coefficient (Wildman–Crippen LogP) is 4.21. The van der Waals surface area contributed by atoms with Gasteiger partial charge in [0, 0.05) is 25.1 Å². The third kappa shape index (κ3) is 7.25. The SMILES string of the molecule is CC(OC(=O)CCC(=O)c1ccc(F)cc1)C(=O)Nc1cc(C(F)(F)F)ccc1N1CCOCC1. The highest BCUT2D eigenvalue weighted by Crippen LogP contribution is 2.36. The number of rotatable bonds is 8. The number of morpholine rings is 1. The number of halogens is 4. The highest BCUT2D eigenvalue weighted by atomic mass is 19.4. The van der Waals surface area contributed by atoms with E-state index in [1.54, 1.807) is 4.90 Å². The molecule has 1 atom stereocenters. The van der Waals surface area contributed by atoms with Crippen LogP contribution in [0.25, 0.3) is 0 Å². The molecule has 0 bridgehead atoms. The fourth-order valence-corrected chi connectivity index (χ4v) is 3.43. The molecular formula is C24H24F4N2O5. The highest BCUT2D eigenvalue weighted by molar-refractivity contribution is 5.99. The fraction of sp³-hybridized carbons (Fsp3) is 0.375. The number of alkyl halides is 3. The normalized spacial score (nSPS) is 14.8. The first-order valence-electron chi connectivity index (χ1n) is 10.9. The van der Waals surface area contributed by atoms with Gasteiger partial charge >= 0.3 is 12.1 Å². The van der Waals surface area contributed by atoms with Gasteiger partial charge in [0.05, 0.1) is 36.6 Å². The van der Waals surface area contributed by atoms with E-state index in [4.69, 9.17) is 9.47 Å². The van der Waals surface area contributed by atoms with Crippen LogP contribution in [-0.2, 0) is 25.2 Å². The number of nitrogens with one attached hydrogen (secondary N) is 1. The van der Waals surface area contributed by atoms with Gasteiger partial charge in [0.2, 0.25) is 0 Å². The Labute approximate surface area is 199 Å². The molecule has 0 radical (unpaired) electrons. The van der Waals surface area contributed by atoms with Crippen LogP contribution in [0.2, 0.25) is 0 Å². The van der Waals surface area contributed by atoms with Crippen molar-refractivity contribution < 1.29 is 41.4 Å². The summed E-state index contributed by atoms with van der Waals surface area (Å²) in [5.41, 5.74) is -0.391. The summed E-state index contributed by atoms with van der Waals surface area (Å²) < 4.78 is 63.0. The number of anilines is 2. The lowest BCUT2D eigenvalue weighted by Gasteiger charge is -2.31. The van der Waals surface area contributed by atoms with Gasteiger partial charge in [-0.2, -0.15) is 13.2 Å². The van der Waals surface area contributed by atoms with Crippen molar-refractivity contribution in [2.24, 2.45) is 0 Å². The van der Waals surface area contributed by atoms with Gasteiger partial charge in [-0.1, -0.05) is 0 Å². The molecule has 0 saturated carbocycles. The van der Waals surface area contributed by atoms with Gasteiger partial charge in [0.25, 0.3) is 5.91 Å². The zero-order valence-electron chi connectivity index (χ0n) is 18.9. The van der Waals surface area contributed by atoms with Crippen LogP contribution in [0, 0.1) is 5.82 Å². The molecule has 1 unspecified atom stereocenters. The molecule has 0 aliphatic carbocycles. The molecule has 1 heterocycles. The number of esters is 1. The number of ketones is 1. The van der Waals surface area contributed by atoms with Gasteiger partial charge in [-0.3, -0.25) is 14.4 Å². The average molecular weight is 496 g/mol. The van der Waals surface area contributed by atoms with Crippen LogP contribution in [0.5, 0.6) is 0 Å². The maximum atomic E-state index is 13.2. The molecule has 1 aliphatic rings. The van der Waals surface area contributed by atoms with Crippen molar-refractivity contribution in [3.8, 4) is 0 Å². The minimum absolute atomic E-state index is 0.0684. The minimum atomic E-state index is -4.61. The summed E-state index contributed by atoms with van der Waals surface area (Å²) in [4.78, 5) is 38.6. The second-order valence-electron chi connectivity index (χ2n) is 7.88. The standard InChI is InChI=1S/C24H24F4N2O5/c1-15(35-22(32)9-8-21(31)16-2-5-18(25)6-3-16)23(33)29-19-14-17(24(26,27)28)4-7-20(19)30-10-12-34-13-11-30/h2-7,14-15H,8-13H2,1H3,(H,29,33). The van der Waals surface area contributed by atoms with E-state index in [0.717, 1.165) is 24.3 Å². The van der Waals surface area contributed by atoms with Crippen LogP contribution >= 0.6 is 0 Å². The highest BCUT2D eigenvalue weighted by Gasteiger charge is 2.32. The van der Waals surface area contributed by atoms with Gasteiger partial charge < -0.3 is 19.7 Å². The zero-order valence-corrected chi connectivity index (χ0v) is 18.9. The van der Waals surface area contributed by atoms with Crippen molar-refractivity contribution in [3.63, 3.8) is 0 Å². The van der Waals surface area contributed by atoms with E-state index in [1.807, 2.05) is 0 Å². The Morgan fingerprint density at radius 1 is 1.06 bits per heavy atom. The summed E-state index contributed by atoms with van der Waals surface area (Å²) in [6.45, 7) is 2.91. The number of carbonyl (C=O) groups is 3. The molecule has 1 fully saturated rings. The second kappa shape index (κ2) is 11.3. The lowest BCUT2D eigenvalue weighted by atomic mass is 10.1. The van der Waals surface area contributed by atoms with Crippen molar-refractivity contribution in [3.05, 3.63) is 59.4 Å². The monoisotopic (exact) mass is 496 g/mol. The molecule has 1 saturated heterocycles. The molecule has 3 rings (SSSR count). The number of amides is 1. The van der Waals surface area contributed by atoms with Gasteiger partial charge in [0.15, 0.2) is 11.9 Å². The van der Waals surface area contributed by atoms with Crippen molar-refractivity contribution >= 4 is 29.0 Å². The number of hydrogen-bond acceptors (Lipinski definition) is 6. The molecule has 35 heavy (non-hydrogen) atoms. The summed E-state index contributed by atoms with van der Waals surface area (Å²) in [5.74, 6) is -2.56. The number of carbonyl (C=O) groups excluding carboxylic acids is 3. The van der Waals surface area contributed by atoms with Crippen molar-refractivity contribution in [2.75, 3.05) is 36.5 Å². The summed E-state index contributed by atoms with van der Waals surface area (Å²) in [7, 11) is 0. The Morgan fingerprint density at radius 2 is 1.71 bits per heavy atom. The molecule has 7 nitrogen and oxygen atoms in total. The third-order valence-corrected chi connectivity index (χ3v) is 5.33. The number of Topliss-reactive ketones (excluding diaryl/α,β-unsaturated/α-hetero) is 1. The first-order valence-corrected chi connectivity index (χ1v) is 10.9. The van der Waals surface area contributed by atoms with Crippen LogP contribution in [0.4, 0.5) is 28.9 Å². The van der Waals surface area contributed by atoms with Crippen molar-refractivity contribution in [1.29, 1.82) is 0 Å². The molecule has 1 aliphatic heterocycles. The van der Waals surface area contributed by atoms with E-state index in [1.165, 1.54) is 25.1 Å². The summed E-state index contributed by atoms with van der Waals surface area (Å²) >= 11 is 0. The van der Waals surface area contributed by atoms with E-state index in [9.17, 15) is 31.9 Å². The fourth-order valence-electron chi connectivity index (χ4n) is 3.43. The Kier molecular flexibility index (Phi) is 8.44. The van der Waals surface area contributed by atoms with E-state index < -0.39 is 41.3 Å². The molecule has 0 aromatic heterocycles. The first kappa shape index (κ1) is 26.1. The lowest BCUT2D eigenvalue weighted by Crippen LogP contribution is -2.37. The van der Waals surface area contributed by atoms with E-state index >= 15 is 0 Å². The topological polar surface area (TPSA) is 84.9 Å². The Morgan fingerprint density at radius 3 is 2.34 bits per heavy atom. The largest absolute Gasteiger partial charge is 0.453 e. The zero-order chi connectivity index (χ0) is 25.6. The minimum Gasteiger partial charge on any atom is -0.453 e. The van der Waals surface area contributed by atoms with Gasteiger partial charge in [0.1, 0.15) is 5.82 Å².